The van der Waals surface area contributed by atoms with E-state index < -0.39 is 5.82 Å². The van der Waals surface area contributed by atoms with E-state index in [-0.39, 0.29) is 23.0 Å². The molecule has 6 heteroatoms. The third kappa shape index (κ3) is 2.82. The highest BCUT2D eigenvalue weighted by Crippen LogP contribution is 2.23. The average Bonchev–Trinajstić information content (AvgIpc) is 2.40. The Morgan fingerprint density at radius 3 is 2.58 bits per heavy atom. The Hall–Kier alpha value is -2.99. The molecular formula is C13H7FN4O. The van der Waals surface area contributed by atoms with Crippen LogP contribution in [0.2, 0.25) is 0 Å². The van der Waals surface area contributed by atoms with Gasteiger partial charge in [-0.3, -0.25) is 0 Å². The lowest BCUT2D eigenvalue weighted by Crippen LogP contribution is -1.98. The lowest BCUT2D eigenvalue weighted by molar-refractivity contribution is 0.409. The van der Waals surface area contributed by atoms with Gasteiger partial charge in [-0.2, -0.15) is 15.5 Å². The normalized spacial score (nSPS) is 9.47. The van der Waals surface area contributed by atoms with E-state index in [1.54, 1.807) is 6.92 Å². The Kier molecular flexibility index (Phi) is 3.35. The predicted molar refractivity (Wildman–Crippen MR) is 62.7 cm³/mol. The number of nitriles is 2. The molecule has 92 valence electrons. The second-order valence-electron chi connectivity index (χ2n) is 3.65. The molecule has 19 heavy (non-hydrogen) atoms. The SMILES string of the molecule is Cc1cc(C#N)nc(Oc2ccc(C#N)cc2F)n1. The van der Waals surface area contributed by atoms with Crippen LogP contribution in [-0.4, -0.2) is 9.97 Å². The number of ether oxygens (including phenoxy) is 1. The molecule has 1 aromatic heterocycles. The Morgan fingerprint density at radius 2 is 1.95 bits per heavy atom. The number of halogens is 1. The van der Waals surface area contributed by atoms with Gasteiger partial charge >= 0.3 is 6.01 Å². The summed E-state index contributed by atoms with van der Waals surface area (Å²) >= 11 is 0. The van der Waals surface area contributed by atoms with E-state index in [2.05, 4.69) is 9.97 Å². The van der Waals surface area contributed by atoms with Crippen molar-refractivity contribution in [1.29, 1.82) is 10.5 Å². The van der Waals surface area contributed by atoms with Crippen LogP contribution in [0.25, 0.3) is 0 Å². The second-order valence-corrected chi connectivity index (χ2v) is 3.65. The molecule has 5 nitrogen and oxygen atoms in total. The fraction of sp³-hybridized carbons (Fsp3) is 0.0769. The summed E-state index contributed by atoms with van der Waals surface area (Å²) in [6.07, 6.45) is 0. The molecule has 0 amide bonds. The minimum absolute atomic E-state index is 0.103. The zero-order valence-corrected chi connectivity index (χ0v) is 9.88. The predicted octanol–water partition coefficient (Wildman–Crippen LogP) is 2.46. The molecule has 1 aromatic carbocycles. The van der Waals surface area contributed by atoms with Gasteiger partial charge in [0.05, 0.1) is 11.6 Å². The van der Waals surface area contributed by atoms with Crippen LogP contribution in [0.3, 0.4) is 0 Å². The van der Waals surface area contributed by atoms with E-state index in [0.29, 0.717) is 5.69 Å². The second kappa shape index (κ2) is 5.11. The summed E-state index contributed by atoms with van der Waals surface area (Å²) in [5.41, 5.74) is 0.861. The summed E-state index contributed by atoms with van der Waals surface area (Å²) in [4.78, 5) is 7.75. The van der Waals surface area contributed by atoms with Gasteiger partial charge in [0.2, 0.25) is 0 Å². The van der Waals surface area contributed by atoms with E-state index >= 15 is 0 Å². The molecule has 2 rings (SSSR count). The van der Waals surface area contributed by atoms with E-state index in [1.165, 1.54) is 18.2 Å². The largest absolute Gasteiger partial charge is 0.421 e. The van der Waals surface area contributed by atoms with Crippen LogP contribution in [0.15, 0.2) is 24.3 Å². The first-order chi connectivity index (χ1) is 9.12. The summed E-state index contributed by atoms with van der Waals surface area (Å²) in [5.74, 6) is -0.795. The molecule has 0 N–H and O–H groups in total. The van der Waals surface area contributed by atoms with Gasteiger partial charge in [0.15, 0.2) is 11.6 Å². The number of nitrogens with zero attached hydrogens (tertiary/aromatic N) is 4. The minimum atomic E-state index is -0.692. The van der Waals surface area contributed by atoms with Crippen LogP contribution < -0.4 is 4.74 Å². The molecule has 0 unspecified atom stereocenters. The Labute approximate surface area is 108 Å². The molecule has 0 atom stereocenters. The van der Waals surface area contributed by atoms with E-state index in [1.807, 2.05) is 12.1 Å². The lowest BCUT2D eigenvalue weighted by Gasteiger charge is -2.05. The number of rotatable bonds is 2. The van der Waals surface area contributed by atoms with Crippen LogP contribution in [0, 0.1) is 35.4 Å². The summed E-state index contributed by atoms with van der Waals surface area (Å²) in [6.45, 7) is 1.67. The van der Waals surface area contributed by atoms with Gasteiger partial charge in [0.1, 0.15) is 11.8 Å². The smallest absolute Gasteiger partial charge is 0.323 e. The maximum atomic E-state index is 13.6. The van der Waals surface area contributed by atoms with Crippen molar-refractivity contribution in [3.8, 4) is 23.9 Å². The first-order valence-corrected chi connectivity index (χ1v) is 5.25. The van der Waals surface area contributed by atoms with Gasteiger partial charge in [-0.15, -0.1) is 0 Å². The van der Waals surface area contributed by atoms with Crippen LogP contribution in [0.5, 0.6) is 11.8 Å². The summed E-state index contributed by atoms with van der Waals surface area (Å²) in [7, 11) is 0. The third-order valence-electron chi connectivity index (χ3n) is 2.21. The zero-order chi connectivity index (χ0) is 13.8. The van der Waals surface area contributed by atoms with Gasteiger partial charge in [0.25, 0.3) is 0 Å². The highest BCUT2D eigenvalue weighted by molar-refractivity contribution is 5.37. The first-order valence-electron chi connectivity index (χ1n) is 5.25. The van der Waals surface area contributed by atoms with Gasteiger partial charge in [-0.05, 0) is 31.2 Å². The fourth-order valence-electron chi connectivity index (χ4n) is 1.40. The van der Waals surface area contributed by atoms with Crippen LogP contribution in [-0.2, 0) is 0 Å². The molecule has 1 heterocycles. The van der Waals surface area contributed by atoms with Crippen molar-refractivity contribution in [2.75, 3.05) is 0 Å². The van der Waals surface area contributed by atoms with Crippen molar-refractivity contribution in [1.82, 2.24) is 9.97 Å². The average molecular weight is 254 g/mol. The monoisotopic (exact) mass is 254 g/mol. The van der Waals surface area contributed by atoms with Gasteiger partial charge < -0.3 is 4.74 Å². The van der Waals surface area contributed by atoms with Crippen molar-refractivity contribution in [2.24, 2.45) is 0 Å². The molecular weight excluding hydrogens is 247 g/mol. The fourth-order valence-corrected chi connectivity index (χ4v) is 1.40. The van der Waals surface area contributed by atoms with Crippen LogP contribution in [0.1, 0.15) is 17.0 Å². The van der Waals surface area contributed by atoms with Gasteiger partial charge in [-0.25, -0.2) is 9.37 Å². The molecule has 0 fully saturated rings. The topological polar surface area (TPSA) is 82.6 Å². The number of aromatic nitrogens is 2. The summed E-state index contributed by atoms with van der Waals surface area (Å²) < 4.78 is 18.8. The van der Waals surface area contributed by atoms with Crippen molar-refractivity contribution in [2.45, 2.75) is 6.92 Å². The molecule has 0 spiro atoms. The number of benzene rings is 1. The Bertz CT molecular complexity index is 716. The summed E-state index contributed by atoms with van der Waals surface area (Å²) in [6, 6.07) is 8.83. The first kappa shape index (κ1) is 12.5. The van der Waals surface area contributed by atoms with Crippen molar-refractivity contribution >= 4 is 0 Å². The molecule has 0 radical (unpaired) electrons. The molecule has 0 bridgehead atoms. The molecule has 0 saturated heterocycles. The number of hydrogen-bond acceptors (Lipinski definition) is 5. The molecule has 0 saturated carbocycles. The van der Waals surface area contributed by atoms with E-state index in [4.69, 9.17) is 15.3 Å². The van der Waals surface area contributed by atoms with Crippen molar-refractivity contribution < 1.29 is 9.13 Å². The zero-order valence-electron chi connectivity index (χ0n) is 9.88. The molecule has 0 aliphatic heterocycles. The van der Waals surface area contributed by atoms with Crippen molar-refractivity contribution in [3.63, 3.8) is 0 Å². The van der Waals surface area contributed by atoms with E-state index in [0.717, 1.165) is 6.07 Å². The highest BCUT2D eigenvalue weighted by atomic mass is 19.1. The Balaban J connectivity index is 2.34. The highest BCUT2D eigenvalue weighted by Gasteiger charge is 2.09. The van der Waals surface area contributed by atoms with Gasteiger partial charge in [-0.1, -0.05) is 0 Å². The lowest BCUT2D eigenvalue weighted by atomic mass is 10.2. The molecule has 0 aliphatic carbocycles. The van der Waals surface area contributed by atoms with Crippen LogP contribution in [0.4, 0.5) is 4.39 Å². The number of aryl methyl sites for hydroxylation is 1. The number of hydrogen-bond donors (Lipinski definition) is 0. The Morgan fingerprint density at radius 1 is 1.16 bits per heavy atom. The maximum Gasteiger partial charge on any atom is 0.323 e. The molecule has 0 aliphatic rings. The molecule has 2 aromatic rings. The standard InChI is InChI=1S/C13H7FN4O/c1-8-4-10(7-16)18-13(17-8)19-12-3-2-9(6-15)5-11(12)14/h2-5H,1H3. The van der Waals surface area contributed by atoms with E-state index in [9.17, 15) is 4.39 Å². The van der Waals surface area contributed by atoms with Gasteiger partial charge in [0, 0.05) is 5.69 Å². The summed E-state index contributed by atoms with van der Waals surface area (Å²) in [5, 5.41) is 17.4. The third-order valence-corrected chi connectivity index (χ3v) is 2.21. The maximum absolute atomic E-state index is 13.6. The minimum Gasteiger partial charge on any atom is -0.421 e. The quantitative estimate of drug-likeness (QED) is 0.822. The van der Waals surface area contributed by atoms with Crippen molar-refractivity contribution in [3.05, 3.63) is 47.0 Å². The van der Waals surface area contributed by atoms with Crippen LogP contribution >= 0.6 is 0 Å².